The molecule has 1 aromatic rings. The Morgan fingerprint density at radius 1 is 1.33 bits per heavy atom. The molecule has 0 fully saturated rings. The van der Waals surface area contributed by atoms with Crippen LogP contribution in [0, 0.1) is 0 Å². The predicted molar refractivity (Wildman–Crippen MR) is 63.6 cm³/mol. The van der Waals surface area contributed by atoms with Crippen molar-refractivity contribution in [2.75, 3.05) is 0 Å². The largest absolute Gasteiger partial charge is 0.434 e. The SMILES string of the molecule is CC(N)(C(=O)NCc1ccccc1OC(F)F)C(F)(F)F. The number of benzene rings is 1. The molecule has 9 heteroatoms. The zero-order valence-electron chi connectivity index (χ0n) is 10.9. The van der Waals surface area contributed by atoms with Crippen LogP contribution in [-0.2, 0) is 11.3 Å². The van der Waals surface area contributed by atoms with Crippen molar-refractivity contribution < 1.29 is 31.5 Å². The summed E-state index contributed by atoms with van der Waals surface area (Å²) in [5, 5.41) is 1.95. The zero-order valence-corrected chi connectivity index (χ0v) is 10.9. The molecule has 1 amide bonds. The van der Waals surface area contributed by atoms with E-state index < -0.39 is 30.8 Å². The molecule has 0 aromatic heterocycles. The van der Waals surface area contributed by atoms with Gasteiger partial charge in [-0.05, 0) is 13.0 Å². The van der Waals surface area contributed by atoms with E-state index in [2.05, 4.69) is 4.74 Å². The number of nitrogens with one attached hydrogen (secondary N) is 1. The lowest BCUT2D eigenvalue weighted by Gasteiger charge is -2.26. The van der Waals surface area contributed by atoms with Crippen molar-refractivity contribution in [3.63, 3.8) is 0 Å². The van der Waals surface area contributed by atoms with Gasteiger partial charge in [0, 0.05) is 12.1 Å². The summed E-state index contributed by atoms with van der Waals surface area (Å²) >= 11 is 0. The molecule has 0 saturated carbocycles. The van der Waals surface area contributed by atoms with E-state index in [1.807, 2.05) is 5.32 Å². The van der Waals surface area contributed by atoms with Crippen molar-refractivity contribution in [1.82, 2.24) is 5.32 Å². The number of halogens is 5. The standard InChI is InChI=1S/C12H13F5N2O2/c1-11(18,12(15,16)17)9(20)19-6-7-4-2-3-5-8(7)21-10(13)14/h2-5,10H,6,18H2,1H3,(H,19,20). The third-order valence-corrected chi connectivity index (χ3v) is 2.69. The molecule has 1 unspecified atom stereocenters. The fourth-order valence-corrected chi connectivity index (χ4v) is 1.35. The van der Waals surface area contributed by atoms with Crippen LogP contribution in [0.2, 0.25) is 0 Å². The van der Waals surface area contributed by atoms with Gasteiger partial charge in [0.1, 0.15) is 5.75 Å². The van der Waals surface area contributed by atoms with Gasteiger partial charge < -0.3 is 15.8 Å². The summed E-state index contributed by atoms with van der Waals surface area (Å²) in [7, 11) is 0. The molecular weight excluding hydrogens is 299 g/mol. The van der Waals surface area contributed by atoms with Crippen molar-refractivity contribution in [2.24, 2.45) is 5.73 Å². The van der Waals surface area contributed by atoms with Crippen LogP contribution in [-0.4, -0.2) is 24.2 Å². The summed E-state index contributed by atoms with van der Waals surface area (Å²) in [5.41, 5.74) is 1.96. The topological polar surface area (TPSA) is 64.4 Å². The second-order valence-electron chi connectivity index (χ2n) is 4.37. The van der Waals surface area contributed by atoms with Crippen LogP contribution in [0.25, 0.3) is 0 Å². The molecule has 4 nitrogen and oxygen atoms in total. The lowest BCUT2D eigenvalue weighted by molar-refractivity contribution is -0.187. The maximum atomic E-state index is 12.6. The maximum absolute atomic E-state index is 12.6. The van der Waals surface area contributed by atoms with Gasteiger partial charge in [0.25, 0.3) is 0 Å². The fourth-order valence-electron chi connectivity index (χ4n) is 1.35. The average Bonchev–Trinajstić information content (AvgIpc) is 2.35. The Hall–Kier alpha value is -1.90. The zero-order chi connectivity index (χ0) is 16.3. The second-order valence-corrected chi connectivity index (χ2v) is 4.37. The number of ether oxygens (including phenoxy) is 1. The van der Waals surface area contributed by atoms with E-state index in [0.29, 0.717) is 6.92 Å². The van der Waals surface area contributed by atoms with Crippen LogP contribution in [0.15, 0.2) is 24.3 Å². The lowest BCUT2D eigenvalue weighted by atomic mass is 10.0. The molecule has 0 spiro atoms. The predicted octanol–water partition coefficient (Wildman–Crippen LogP) is 2.18. The van der Waals surface area contributed by atoms with Crippen LogP contribution in [0.1, 0.15) is 12.5 Å². The fraction of sp³-hybridized carbons (Fsp3) is 0.417. The van der Waals surface area contributed by atoms with Crippen LogP contribution in [0.4, 0.5) is 22.0 Å². The number of nitrogens with two attached hydrogens (primary N) is 1. The Bertz CT molecular complexity index is 503. The van der Waals surface area contributed by atoms with Crippen molar-refractivity contribution in [3.8, 4) is 5.75 Å². The van der Waals surface area contributed by atoms with E-state index in [0.717, 1.165) is 0 Å². The number of hydrogen-bond donors (Lipinski definition) is 2. The summed E-state index contributed by atoms with van der Waals surface area (Å²) in [5.74, 6) is -1.71. The highest BCUT2D eigenvalue weighted by Crippen LogP contribution is 2.28. The van der Waals surface area contributed by atoms with E-state index in [1.165, 1.54) is 24.3 Å². The number of carbonyl (C=O) groups is 1. The van der Waals surface area contributed by atoms with Gasteiger partial charge in [-0.1, -0.05) is 18.2 Å². The van der Waals surface area contributed by atoms with Gasteiger partial charge in [-0.25, -0.2) is 0 Å². The number of alkyl halides is 5. The van der Waals surface area contributed by atoms with Crippen molar-refractivity contribution in [3.05, 3.63) is 29.8 Å². The molecule has 1 atom stereocenters. The van der Waals surface area contributed by atoms with Crippen LogP contribution in [0.3, 0.4) is 0 Å². The first-order chi connectivity index (χ1) is 9.55. The van der Waals surface area contributed by atoms with Gasteiger partial charge >= 0.3 is 12.8 Å². The molecule has 0 radical (unpaired) electrons. The minimum absolute atomic E-state index is 0.101. The van der Waals surface area contributed by atoms with Crippen molar-refractivity contribution >= 4 is 5.91 Å². The van der Waals surface area contributed by atoms with Crippen LogP contribution in [0.5, 0.6) is 5.75 Å². The molecule has 0 bridgehead atoms. The molecule has 0 aliphatic rings. The number of amides is 1. The Morgan fingerprint density at radius 2 is 1.90 bits per heavy atom. The van der Waals surface area contributed by atoms with Crippen molar-refractivity contribution in [1.29, 1.82) is 0 Å². The third-order valence-electron chi connectivity index (χ3n) is 2.69. The minimum atomic E-state index is -4.93. The minimum Gasteiger partial charge on any atom is -0.434 e. The first-order valence-corrected chi connectivity index (χ1v) is 5.72. The molecule has 0 saturated heterocycles. The highest BCUT2D eigenvalue weighted by atomic mass is 19.4. The molecule has 0 aliphatic carbocycles. The number of para-hydroxylation sites is 1. The summed E-state index contributed by atoms with van der Waals surface area (Å²) in [6.07, 6.45) is -4.93. The van der Waals surface area contributed by atoms with E-state index in [1.54, 1.807) is 0 Å². The number of carbonyl (C=O) groups excluding carboxylic acids is 1. The van der Waals surface area contributed by atoms with E-state index >= 15 is 0 Å². The Kier molecular flexibility index (Phi) is 5.10. The molecule has 21 heavy (non-hydrogen) atoms. The van der Waals surface area contributed by atoms with E-state index in [9.17, 15) is 26.7 Å². The van der Waals surface area contributed by atoms with Gasteiger partial charge in [0.05, 0.1) is 0 Å². The molecule has 118 valence electrons. The highest BCUT2D eigenvalue weighted by molar-refractivity contribution is 5.86. The normalized spacial score (nSPS) is 14.7. The number of hydrogen-bond acceptors (Lipinski definition) is 3. The van der Waals surface area contributed by atoms with E-state index in [-0.39, 0.29) is 11.3 Å². The molecule has 0 heterocycles. The Balaban J connectivity index is 2.78. The Labute approximate surface area is 117 Å². The molecule has 1 rings (SSSR count). The monoisotopic (exact) mass is 312 g/mol. The molecule has 0 aliphatic heterocycles. The summed E-state index contributed by atoms with van der Waals surface area (Å²) < 4.78 is 66.2. The molecule has 1 aromatic carbocycles. The van der Waals surface area contributed by atoms with Gasteiger partial charge in [-0.3, -0.25) is 4.79 Å². The second kappa shape index (κ2) is 6.25. The smallest absolute Gasteiger partial charge is 0.415 e. The summed E-state index contributed by atoms with van der Waals surface area (Å²) in [6, 6.07) is 5.41. The summed E-state index contributed by atoms with van der Waals surface area (Å²) in [4.78, 5) is 11.5. The maximum Gasteiger partial charge on any atom is 0.415 e. The van der Waals surface area contributed by atoms with Gasteiger partial charge in [0.2, 0.25) is 5.91 Å². The van der Waals surface area contributed by atoms with Gasteiger partial charge in [-0.2, -0.15) is 22.0 Å². The van der Waals surface area contributed by atoms with Crippen LogP contribution < -0.4 is 15.8 Å². The summed E-state index contributed by atoms with van der Waals surface area (Å²) in [6.45, 7) is -2.99. The van der Waals surface area contributed by atoms with E-state index in [4.69, 9.17) is 5.73 Å². The van der Waals surface area contributed by atoms with Crippen LogP contribution >= 0.6 is 0 Å². The van der Waals surface area contributed by atoms with Gasteiger partial charge in [-0.15, -0.1) is 0 Å². The van der Waals surface area contributed by atoms with Gasteiger partial charge in [0.15, 0.2) is 5.54 Å². The Morgan fingerprint density at radius 3 is 2.43 bits per heavy atom. The third kappa shape index (κ3) is 4.28. The highest BCUT2D eigenvalue weighted by Gasteiger charge is 2.53. The number of rotatable bonds is 5. The molecular formula is C12H13F5N2O2. The molecule has 3 N–H and O–H groups in total. The lowest BCUT2D eigenvalue weighted by Crippen LogP contribution is -2.61. The first kappa shape index (κ1) is 17.2. The quantitative estimate of drug-likeness (QED) is 0.819. The van der Waals surface area contributed by atoms with Crippen molar-refractivity contribution in [2.45, 2.75) is 31.8 Å². The first-order valence-electron chi connectivity index (χ1n) is 5.72. The average molecular weight is 312 g/mol.